The maximum Gasteiger partial charge on any atom is 0.188 e. The first-order chi connectivity index (χ1) is 7.78. The second-order valence-corrected chi connectivity index (χ2v) is 4.77. The molecule has 1 N–H and O–H groups in total. The van der Waals surface area contributed by atoms with Crippen molar-refractivity contribution in [2.75, 3.05) is 0 Å². The van der Waals surface area contributed by atoms with Gasteiger partial charge in [0.05, 0.1) is 13.6 Å². The lowest BCUT2D eigenvalue weighted by Crippen LogP contribution is -2.13. The van der Waals surface area contributed by atoms with Gasteiger partial charge in [-0.1, -0.05) is 6.92 Å². The van der Waals surface area contributed by atoms with Crippen molar-refractivity contribution in [3.05, 3.63) is 27.7 Å². The van der Waals surface area contributed by atoms with Crippen molar-refractivity contribution in [2.45, 2.75) is 26.4 Å². The van der Waals surface area contributed by atoms with E-state index >= 15 is 0 Å². The summed E-state index contributed by atoms with van der Waals surface area (Å²) in [5.41, 5.74) is 0. The quantitative estimate of drug-likeness (QED) is 0.847. The van der Waals surface area contributed by atoms with E-state index in [9.17, 15) is 0 Å². The maximum absolute atomic E-state index is 4.10. The third kappa shape index (κ3) is 2.86. The highest BCUT2D eigenvalue weighted by Gasteiger charge is 2.01. The zero-order valence-electron chi connectivity index (χ0n) is 9.47. The summed E-state index contributed by atoms with van der Waals surface area (Å²) in [7, 11) is 1.77. The Hall–Kier alpha value is -1.27. The van der Waals surface area contributed by atoms with Crippen LogP contribution >= 0.6 is 11.3 Å². The van der Waals surface area contributed by atoms with Crippen molar-refractivity contribution in [1.29, 1.82) is 0 Å². The summed E-state index contributed by atoms with van der Waals surface area (Å²) in [4.78, 5) is 4.24. The van der Waals surface area contributed by atoms with Crippen molar-refractivity contribution < 1.29 is 0 Å². The summed E-state index contributed by atoms with van der Waals surface area (Å²) in [5, 5.41) is 15.1. The third-order valence-corrected chi connectivity index (χ3v) is 3.43. The predicted octanol–water partition coefficient (Wildman–Crippen LogP) is 1.12. The molecule has 0 unspecified atom stereocenters. The number of thiophene rings is 1. The lowest BCUT2D eigenvalue weighted by Gasteiger charge is -1.98. The number of hydrogen-bond acceptors (Lipinski definition) is 5. The minimum atomic E-state index is 0.660. The molecule has 2 heterocycles. The number of nitrogens with one attached hydrogen (secondary N) is 1. The van der Waals surface area contributed by atoms with Crippen molar-refractivity contribution in [3.8, 4) is 0 Å². The molecule has 5 nitrogen and oxygen atoms in total. The Bertz CT molecular complexity index is 448. The summed E-state index contributed by atoms with van der Waals surface area (Å²) in [6.07, 6.45) is 1.11. The van der Waals surface area contributed by atoms with Crippen LogP contribution in [0.3, 0.4) is 0 Å². The zero-order chi connectivity index (χ0) is 11.4. The highest BCUT2D eigenvalue weighted by Crippen LogP contribution is 2.16. The molecule has 2 aromatic rings. The van der Waals surface area contributed by atoms with Gasteiger partial charge in [0.1, 0.15) is 0 Å². The molecule has 2 aromatic heterocycles. The highest BCUT2D eigenvalue weighted by molar-refractivity contribution is 7.11. The molecular weight excluding hydrogens is 222 g/mol. The van der Waals surface area contributed by atoms with Crippen LogP contribution in [0.2, 0.25) is 0 Å². The molecule has 0 radical (unpaired) electrons. The van der Waals surface area contributed by atoms with Crippen LogP contribution in [0.15, 0.2) is 12.1 Å². The van der Waals surface area contributed by atoms with Gasteiger partial charge < -0.3 is 5.32 Å². The van der Waals surface area contributed by atoms with Gasteiger partial charge in [-0.3, -0.25) is 0 Å². The van der Waals surface area contributed by atoms with Crippen LogP contribution in [0.5, 0.6) is 0 Å². The second-order valence-electron chi connectivity index (χ2n) is 3.52. The van der Waals surface area contributed by atoms with Gasteiger partial charge in [0, 0.05) is 16.3 Å². The summed E-state index contributed by atoms with van der Waals surface area (Å²) in [5.74, 6) is 0.731. The Balaban J connectivity index is 1.79. The van der Waals surface area contributed by atoms with Crippen LogP contribution in [0, 0.1) is 0 Å². The summed E-state index contributed by atoms with van der Waals surface area (Å²) in [6.45, 7) is 3.70. The molecule has 0 fully saturated rings. The SMILES string of the molecule is CCc1ccc(CNCc2nnn(C)n2)s1. The van der Waals surface area contributed by atoms with Gasteiger partial charge in [0.15, 0.2) is 5.82 Å². The van der Waals surface area contributed by atoms with Gasteiger partial charge in [-0.2, -0.15) is 4.80 Å². The average molecular weight is 237 g/mol. The van der Waals surface area contributed by atoms with Crippen LogP contribution in [0.25, 0.3) is 0 Å². The predicted molar refractivity (Wildman–Crippen MR) is 63.0 cm³/mol. The topological polar surface area (TPSA) is 55.6 Å². The van der Waals surface area contributed by atoms with Gasteiger partial charge in [0.2, 0.25) is 0 Å². The molecule has 6 heteroatoms. The van der Waals surface area contributed by atoms with E-state index in [2.05, 4.69) is 39.8 Å². The number of tetrazole rings is 1. The summed E-state index contributed by atoms with van der Waals surface area (Å²) < 4.78 is 0. The number of aryl methyl sites for hydroxylation is 2. The van der Waals surface area contributed by atoms with Gasteiger partial charge in [-0.05, 0) is 23.8 Å². The van der Waals surface area contributed by atoms with Crippen LogP contribution in [0.1, 0.15) is 22.5 Å². The van der Waals surface area contributed by atoms with E-state index in [0.29, 0.717) is 6.54 Å². The molecular formula is C10H15N5S. The molecule has 0 amide bonds. The normalized spacial score (nSPS) is 10.9. The maximum atomic E-state index is 4.10. The number of nitrogens with zero attached hydrogens (tertiary/aromatic N) is 4. The lowest BCUT2D eigenvalue weighted by atomic mass is 10.3. The summed E-state index contributed by atoms with van der Waals surface area (Å²) >= 11 is 1.85. The molecule has 86 valence electrons. The molecule has 0 aliphatic carbocycles. The molecule has 0 saturated heterocycles. The zero-order valence-corrected chi connectivity index (χ0v) is 10.3. The van der Waals surface area contributed by atoms with Crippen molar-refractivity contribution in [1.82, 2.24) is 25.5 Å². The minimum absolute atomic E-state index is 0.660. The molecule has 0 aliphatic rings. The smallest absolute Gasteiger partial charge is 0.188 e. The van der Waals surface area contributed by atoms with E-state index in [1.54, 1.807) is 7.05 Å². The van der Waals surface area contributed by atoms with Gasteiger partial charge in [0.25, 0.3) is 0 Å². The summed E-state index contributed by atoms with van der Waals surface area (Å²) in [6, 6.07) is 4.35. The average Bonchev–Trinajstić information content (AvgIpc) is 2.88. The Kier molecular flexibility index (Phi) is 3.63. The fraction of sp³-hybridized carbons (Fsp3) is 0.500. The van der Waals surface area contributed by atoms with Crippen LogP contribution in [-0.2, 0) is 26.6 Å². The monoisotopic (exact) mass is 237 g/mol. The first kappa shape index (κ1) is 11.2. The lowest BCUT2D eigenvalue weighted by molar-refractivity contribution is 0.620. The fourth-order valence-electron chi connectivity index (χ4n) is 1.40. The van der Waals surface area contributed by atoms with Gasteiger partial charge in [-0.25, -0.2) is 0 Å². The van der Waals surface area contributed by atoms with E-state index < -0.39 is 0 Å². The van der Waals surface area contributed by atoms with Crippen molar-refractivity contribution >= 4 is 11.3 Å². The number of aromatic nitrogens is 4. The highest BCUT2D eigenvalue weighted by atomic mass is 32.1. The van der Waals surface area contributed by atoms with E-state index in [1.807, 2.05) is 11.3 Å². The minimum Gasteiger partial charge on any atom is -0.305 e. The molecule has 0 bridgehead atoms. The first-order valence-electron chi connectivity index (χ1n) is 5.29. The molecule has 0 aliphatic heterocycles. The fourth-order valence-corrected chi connectivity index (χ4v) is 2.33. The Labute approximate surface area is 98.5 Å². The molecule has 0 saturated carbocycles. The van der Waals surface area contributed by atoms with Crippen molar-refractivity contribution in [3.63, 3.8) is 0 Å². The third-order valence-electron chi connectivity index (χ3n) is 2.20. The Morgan fingerprint density at radius 2 is 2.12 bits per heavy atom. The number of hydrogen-bond donors (Lipinski definition) is 1. The van der Waals surface area contributed by atoms with Crippen LogP contribution in [0.4, 0.5) is 0 Å². The van der Waals surface area contributed by atoms with Gasteiger partial charge in [-0.15, -0.1) is 21.5 Å². The molecule has 2 rings (SSSR count). The van der Waals surface area contributed by atoms with E-state index in [0.717, 1.165) is 18.8 Å². The van der Waals surface area contributed by atoms with Gasteiger partial charge >= 0.3 is 0 Å². The molecule has 0 aromatic carbocycles. The molecule has 16 heavy (non-hydrogen) atoms. The molecule has 0 atom stereocenters. The standard InChI is InChI=1S/C10H15N5S/c1-3-8-4-5-9(16-8)6-11-7-10-12-14-15(2)13-10/h4-5,11H,3,6-7H2,1-2H3. The number of rotatable bonds is 5. The van der Waals surface area contributed by atoms with Crippen LogP contribution in [-0.4, -0.2) is 20.2 Å². The van der Waals surface area contributed by atoms with E-state index in [1.165, 1.54) is 14.6 Å². The second kappa shape index (κ2) is 5.18. The van der Waals surface area contributed by atoms with Crippen molar-refractivity contribution in [2.24, 2.45) is 7.05 Å². The molecule has 0 spiro atoms. The van der Waals surface area contributed by atoms with Crippen LogP contribution < -0.4 is 5.32 Å². The van der Waals surface area contributed by atoms with E-state index in [4.69, 9.17) is 0 Å². The Morgan fingerprint density at radius 1 is 1.31 bits per heavy atom. The van der Waals surface area contributed by atoms with E-state index in [-0.39, 0.29) is 0 Å². The first-order valence-corrected chi connectivity index (χ1v) is 6.10. The largest absolute Gasteiger partial charge is 0.305 e. The Morgan fingerprint density at radius 3 is 2.75 bits per heavy atom.